The number of hydrogen-bond acceptors (Lipinski definition) is 5. The van der Waals surface area contributed by atoms with Gasteiger partial charge in [-0.25, -0.2) is 9.97 Å². The molecular formula is C16H19ClN4O. The molecule has 1 aliphatic heterocycles. The van der Waals surface area contributed by atoms with Crippen LogP contribution in [0.25, 0.3) is 0 Å². The Morgan fingerprint density at radius 1 is 1.14 bits per heavy atom. The van der Waals surface area contributed by atoms with Gasteiger partial charge in [0.25, 0.3) is 0 Å². The Hall–Kier alpha value is -1.85. The summed E-state index contributed by atoms with van der Waals surface area (Å²) in [6.45, 7) is 4.73. The molecule has 0 saturated carbocycles. The molecule has 0 radical (unpaired) electrons. The summed E-state index contributed by atoms with van der Waals surface area (Å²) in [6.07, 6.45) is 1.55. The fourth-order valence-corrected chi connectivity index (χ4v) is 2.81. The Balaban J connectivity index is 1.59. The summed E-state index contributed by atoms with van der Waals surface area (Å²) < 4.78 is 5.16. The number of hydrogen-bond donors (Lipinski definition) is 0. The maximum Gasteiger partial charge on any atom is 0.218 e. The summed E-state index contributed by atoms with van der Waals surface area (Å²) in [5, 5.41) is 0.838. The minimum absolute atomic E-state index is 0.600. The van der Waals surface area contributed by atoms with Crippen molar-refractivity contribution in [3.05, 3.63) is 47.2 Å². The van der Waals surface area contributed by atoms with Gasteiger partial charge in [-0.3, -0.25) is 4.90 Å². The maximum absolute atomic E-state index is 6.23. The molecule has 6 heteroatoms. The van der Waals surface area contributed by atoms with Crippen LogP contribution in [0, 0.1) is 0 Å². The molecule has 2 heterocycles. The smallest absolute Gasteiger partial charge is 0.218 e. The second-order valence-electron chi connectivity index (χ2n) is 5.27. The van der Waals surface area contributed by atoms with E-state index in [9.17, 15) is 0 Å². The van der Waals surface area contributed by atoms with Gasteiger partial charge in [-0.1, -0.05) is 29.8 Å². The Kier molecular flexibility index (Phi) is 4.75. The van der Waals surface area contributed by atoms with Crippen LogP contribution in [0.5, 0.6) is 5.88 Å². The fraction of sp³-hybridized carbons (Fsp3) is 0.375. The quantitative estimate of drug-likeness (QED) is 0.866. The third-order valence-corrected chi connectivity index (χ3v) is 4.25. The van der Waals surface area contributed by atoms with E-state index < -0.39 is 0 Å². The van der Waals surface area contributed by atoms with Crippen molar-refractivity contribution in [1.82, 2.24) is 14.9 Å². The highest BCUT2D eigenvalue weighted by Crippen LogP contribution is 2.20. The third-order valence-electron chi connectivity index (χ3n) is 3.88. The number of aromatic nitrogens is 2. The second kappa shape index (κ2) is 6.94. The van der Waals surface area contributed by atoms with Crippen molar-refractivity contribution >= 4 is 17.4 Å². The molecule has 1 aromatic carbocycles. The second-order valence-corrected chi connectivity index (χ2v) is 5.68. The van der Waals surface area contributed by atoms with Crippen LogP contribution in [-0.4, -0.2) is 48.2 Å². The predicted octanol–water partition coefficient (Wildman–Crippen LogP) is 2.46. The van der Waals surface area contributed by atoms with Crippen LogP contribution in [0.4, 0.5) is 5.82 Å². The van der Waals surface area contributed by atoms with Crippen LogP contribution in [0.15, 0.2) is 36.7 Å². The number of nitrogens with zero attached hydrogens (tertiary/aromatic N) is 4. The molecule has 5 nitrogen and oxygen atoms in total. The first-order chi connectivity index (χ1) is 10.8. The van der Waals surface area contributed by atoms with Crippen LogP contribution in [0.3, 0.4) is 0 Å². The maximum atomic E-state index is 6.23. The molecule has 0 atom stereocenters. The highest BCUT2D eigenvalue weighted by Gasteiger charge is 2.19. The Morgan fingerprint density at radius 3 is 2.64 bits per heavy atom. The third kappa shape index (κ3) is 3.48. The first-order valence-corrected chi connectivity index (χ1v) is 7.71. The van der Waals surface area contributed by atoms with Crippen molar-refractivity contribution in [3.63, 3.8) is 0 Å². The molecule has 0 bridgehead atoms. The molecule has 0 unspecified atom stereocenters. The Bertz CT molecular complexity index is 629. The van der Waals surface area contributed by atoms with Gasteiger partial charge in [-0.15, -0.1) is 0 Å². The van der Waals surface area contributed by atoms with Crippen molar-refractivity contribution in [1.29, 1.82) is 0 Å². The van der Waals surface area contributed by atoms with E-state index >= 15 is 0 Å². The molecule has 3 rings (SSSR count). The normalized spacial score (nSPS) is 15.8. The molecular weight excluding hydrogens is 300 g/mol. The first kappa shape index (κ1) is 15.1. The molecule has 2 aromatic rings. The summed E-state index contributed by atoms with van der Waals surface area (Å²) >= 11 is 6.23. The van der Waals surface area contributed by atoms with Crippen molar-refractivity contribution in [2.24, 2.45) is 0 Å². The molecule has 0 N–H and O–H groups in total. The lowest BCUT2D eigenvalue weighted by Gasteiger charge is -2.35. The van der Waals surface area contributed by atoms with Gasteiger partial charge in [-0.05, 0) is 11.6 Å². The summed E-state index contributed by atoms with van der Waals surface area (Å²) in [7, 11) is 1.62. The average molecular weight is 319 g/mol. The number of rotatable bonds is 4. The number of ether oxygens (including phenoxy) is 1. The zero-order valence-corrected chi connectivity index (χ0v) is 13.3. The van der Waals surface area contributed by atoms with E-state index in [0.717, 1.165) is 43.6 Å². The molecule has 116 valence electrons. The highest BCUT2D eigenvalue weighted by molar-refractivity contribution is 6.31. The average Bonchev–Trinajstić information content (AvgIpc) is 2.58. The van der Waals surface area contributed by atoms with Gasteiger partial charge in [-0.2, -0.15) is 0 Å². The van der Waals surface area contributed by atoms with Crippen molar-refractivity contribution < 1.29 is 4.74 Å². The predicted molar refractivity (Wildman–Crippen MR) is 87.5 cm³/mol. The number of benzene rings is 1. The van der Waals surface area contributed by atoms with Crippen LogP contribution in [-0.2, 0) is 6.54 Å². The molecule has 1 aliphatic rings. The monoisotopic (exact) mass is 318 g/mol. The van der Waals surface area contributed by atoms with Crippen LogP contribution < -0.4 is 9.64 Å². The van der Waals surface area contributed by atoms with Crippen molar-refractivity contribution in [3.8, 4) is 5.88 Å². The van der Waals surface area contributed by atoms with Crippen LogP contribution in [0.2, 0.25) is 5.02 Å². The lowest BCUT2D eigenvalue weighted by atomic mass is 10.2. The Labute approximate surface area is 135 Å². The van der Waals surface area contributed by atoms with Gasteiger partial charge in [0.1, 0.15) is 12.1 Å². The van der Waals surface area contributed by atoms with Gasteiger partial charge in [0.2, 0.25) is 5.88 Å². The highest BCUT2D eigenvalue weighted by atomic mass is 35.5. The minimum Gasteiger partial charge on any atom is -0.481 e. The van der Waals surface area contributed by atoms with Gasteiger partial charge in [0, 0.05) is 43.8 Å². The molecule has 1 aromatic heterocycles. The van der Waals surface area contributed by atoms with Crippen LogP contribution in [0.1, 0.15) is 5.56 Å². The summed E-state index contributed by atoms with van der Waals surface area (Å²) in [4.78, 5) is 13.0. The van der Waals surface area contributed by atoms with Crippen molar-refractivity contribution in [2.75, 3.05) is 38.2 Å². The van der Waals surface area contributed by atoms with Crippen molar-refractivity contribution in [2.45, 2.75) is 6.54 Å². The van der Waals surface area contributed by atoms with E-state index in [0.29, 0.717) is 5.88 Å². The van der Waals surface area contributed by atoms with E-state index in [2.05, 4.69) is 25.8 Å². The topological polar surface area (TPSA) is 41.5 Å². The Morgan fingerprint density at radius 2 is 1.91 bits per heavy atom. The van der Waals surface area contributed by atoms with E-state index in [1.54, 1.807) is 13.4 Å². The van der Waals surface area contributed by atoms with E-state index in [-0.39, 0.29) is 0 Å². The number of methoxy groups -OCH3 is 1. The molecule has 22 heavy (non-hydrogen) atoms. The van der Waals surface area contributed by atoms with Crippen LogP contribution >= 0.6 is 11.6 Å². The summed E-state index contributed by atoms with van der Waals surface area (Å²) in [5.74, 6) is 1.52. The summed E-state index contributed by atoms with van der Waals surface area (Å²) in [6, 6.07) is 9.91. The number of halogens is 1. The van der Waals surface area contributed by atoms with E-state index in [4.69, 9.17) is 16.3 Å². The van der Waals surface area contributed by atoms with E-state index in [1.165, 1.54) is 5.56 Å². The van der Waals surface area contributed by atoms with Gasteiger partial charge in [0.05, 0.1) is 7.11 Å². The van der Waals surface area contributed by atoms with Gasteiger partial charge < -0.3 is 9.64 Å². The largest absolute Gasteiger partial charge is 0.481 e. The number of anilines is 1. The number of piperazine rings is 1. The van der Waals surface area contributed by atoms with Gasteiger partial charge in [0.15, 0.2) is 0 Å². The lowest BCUT2D eigenvalue weighted by Crippen LogP contribution is -2.46. The molecule has 1 saturated heterocycles. The first-order valence-electron chi connectivity index (χ1n) is 7.33. The standard InChI is InChI=1S/C16H19ClN4O/c1-22-16-10-15(18-12-19-16)21-8-6-20(7-9-21)11-13-4-2-3-5-14(13)17/h2-5,10,12H,6-9,11H2,1H3. The molecule has 1 fully saturated rings. The lowest BCUT2D eigenvalue weighted by molar-refractivity contribution is 0.249. The SMILES string of the molecule is COc1cc(N2CCN(Cc3ccccc3Cl)CC2)ncn1. The van der Waals surface area contributed by atoms with Gasteiger partial charge >= 0.3 is 0 Å². The zero-order valence-electron chi connectivity index (χ0n) is 12.6. The molecule has 0 spiro atoms. The molecule has 0 aliphatic carbocycles. The van der Waals surface area contributed by atoms with E-state index in [1.807, 2.05) is 24.3 Å². The zero-order chi connectivity index (χ0) is 15.4. The molecule has 0 amide bonds. The summed E-state index contributed by atoms with van der Waals surface area (Å²) in [5.41, 5.74) is 1.18. The fourth-order valence-electron chi connectivity index (χ4n) is 2.62. The minimum atomic E-state index is 0.600.